The van der Waals surface area contributed by atoms with Crippen molar-refractivity contribution in [1.29, 1.82) is 0 Å². The second-order valence-corrected chi connectivity index (χ2v) is 7.91. The number of nitrogens with zero attached hydrogens (tertiary/aromatic N) is 1. The Kier molecular flexibility index (Phi) is 8.57. The normalized spacial score (nSPS) is 12.0. The number of hydrogen-bond donors (Lipinski definition) is 3. The number of aliphatic imine (C=N–C) groups is 1. The van der Waals surface area contributed by atoms with Crippen molar-refractivity contribution in [3.63, 3.8) is 0 Å². The molecule has 2 rings (SSSR count). The summed E-state index contributed by atoms with van der Waals surface area (Å²) >= 11 is 6.16. The maximum Gasteiger partial charge on any atom is 0.240 e. The zero-order valence-electron chi connectivity index (χ0n) is 15.3. The molecule has 27 heavy (non-hydrogen) atoms. The largest absolute Gasteiger partial charge is 0.357 e. The summed E-state index contributed by atoms with van der Waals surface area (Å²) in [6, 6.07) is 16.0. The molecule has 0 atom stereocenters. The Balaban J connectivity index is 1.82. The van der Waals surface area contributed by atoms with Gasteiger partial charge in [0.2, 0.25) is 10.0 Å². The lowest BCUT2D eigenvalue weighted by molar-refractivity contribution is 0.582. The van der Waals surface area contributed by atoms with Gasteiger partial charge in [0.25, 0.3) is 0 Å². The Morgan fingerprint density at radius 1 is 1.00 bits per heavy atom. The molecule has 0 unspecified atom stereocenters. The lowest BCUT2D eigenvalue weighted by Crippen LogP contribution is -2.39. The van der Waals surface area contributed by atoms with E-state index in [1.165, 1.54) is 0 Å². The molecule has 146 valence electrons. The number of halogens is 1. The van der Waals surface area contributed by atoms with E-state index >= 15 is 0 Å². The molecule has 0 aromatic heterocycles. The van der Waals surface area contributed by atoms with Crippen molar-refractivity contribution < 1.29 is 8.42 Å². The van der Waals surface area contributed by atoms with Crippen LogP contribution in [0.5, 0.6) is 0 Å². The van der Waals surface area contributed by atoms with Crippen LogP contribution in [0.15, 0.2) is 64.5 Å². The van der Waals surface area contributed by atoms with Crippen LogP contribution in [0.1, 0.15) is 12.5 Å². The van der Waals surface area contributed by atoms with Gasteiger partial charge in [-0.3, -0.25) is 4.99 Å². The van der Waals surface area contributed by atoms with Gasteiger partial charge in [-0.05, 0) is 37.1 Å². The van der Waals surface area contributed by atoms with Crippen LogP contribution in [0.4, 0.5) is 0 Å². The molecule has 0 aliphatic rings. The van der Waals surface area contributed by atoms with Crippen molar-refractivity contribution in [3.05, 3.63) is 65.2 Å². The van der Waals surface area contributed by atoms with Crippen molar-refractivity contribution in [2.75, 3.05) is 26.2 Å². The smallest absolute Gasteiger partial charge is 0.240 e. The number of hydrogen-bond acceptors (Lipinski definition) is 3. The molecule has 0 aliphatic heterocycles. The summed E-state index contributed by atoms with van der Waals surface area (Å²) < 4.78 is 26.9. The standard InChI is InChI=1S/C19H25ClN4O2S/c1-2-21-19(22-13-12-16-8-6-7-11-18(16)20)23-14-15-24-27(25,26)17-9-4-3-5-10-17/h3-11,24H,2,12-15H2,1H3,(H2,21,22,23). The quantitative estimate of drug-likeness (QED) is 0.338. The van der Waals surface area contributed by atoms with Gasteiger partial charge in [-0.2, -0.15) is 0 Å². The van der Waals surface area contributed by atoms with E-state index in [4.69, 9.17) is 11.6 Å². The second kappa shape index (κ2) is 10.9. The Morgan fingerprint density at radius 2 is 1.70 bits per heavy atom. The van der Waals surface area contributed by atoms with Gasteiger partial charge in [0.05, 0.1) is 11.4 Å². The highest BCUT2D eigenvalue weighted by molar-refractivity contribution is 7.89. The fourth-order valence-corrected chi connectivity index (χ4v) is 3.66. The first kappa shape index (κ1) is 21.2. The van der Waals surface area contributed by atoms with E-state index < -0.39 is 10.0 Å². The Morgan fingerprint density at radius 3 is 2.41 bits per heavy atom. The van der Waals surface area contributed by atoms with Crippen molar-refractivity contribution in [3.8, 4) is 0 Å². The van der Waals surface area contributed by atoms with Crippen LogP contribution in [0.2, 0.25) is 5.02 Å². The molecule has 0 spiro atoms. The molecular formula is C19H25ClN4O2S. The predicted molar refractivity (Wildman–Crippen MR) is 111 cm³/mol. The summed E-state index contributed by atoms with van der Waals surface area (Å²) in [6.07, 6.45) is 0.769. The average molecular weight is 409 g/mol. The molecule has 0 radical (unpaired) electrons. The first-order chi connectivity index (χ1) is 13.0. The first-order valence-corrected chi connectivity index (χ1v) is 10.7. The van der Waals surface area contributed by atoms with E-state index in [-0.39, 0.29) is 11.4 Å². The molecule has 0 amide bonds. The summed E-state index contributed by atoms with van der Waals surface area (Å²) in [6.45, 7) is 3.91. The summed E-state index contributed by atoms with van der Waals surface area (Å²) in [4.78, 5) is 4.65. The van der Waals surface area contributed by atoms with E-state index in [9.17, 15) is 8.42 Å². The molecule has 0 saturated heterocycles. The fourth-order valence-electron chi connectivity index (χ4n) is 2.39. The Labute approximate surface area is 166 Å². The molecule has 2 aromatic carbocycles. The lowest BCUT2D eigenvalue weighted by Gasteiger charge is -2.12. The molecule has 6 nitrogen and oxygen atoms in total. The SMILES string of the molecule is CCNC(=NCCNS(=O)(=O)c1ccccc1)NCCc1ccccc1Cl. The fraction of sp³-hybridized carbons (Fsp3) is 0.316. The van der Waals surface area contributed by atoms with E-state index in [2.05, 4.69) is 20.3 Å². The van der Waals surface area contributed by atoms with Gasteiger partial charge >= 0.3 is 0 Å². The zero-order valence-corrected chi connectivity index (χ0v) is 16.9. The minimum Gasteiger partial charge on any atom is -0.357 e. The van der Waals surface area contributed by atoms with Crippen LogP contribution >= 0.6 is 11.6 Å². The van der Waals surface area contributed by atoms with Gasteiger partial charge in [-0.15, -0.1) is 0 Å². The third-order valence-corrected chi connectivity index (χ3v) is 5.56. The highest BCUT2D eigenvalue weighted by Crippen LogP contribution is 2.14. The minimum atomic E-state index is -3.50. The summed E-state index contributed by atoms with van der Waals surface area (Å²) in [7, 11) is -3.50. The van der Waals surface area contributed by atoms with E-state index in [1.807, 2.05) is 31.2 Å². The molecule has 0 fully saturated rings. The maximum atomic E-state index is 12.2. The van der Waals surface area contributed by atoms with E-state index in [1.54, 1.807) is 30.3 Å². The van der Waals surface area contributed by atoms with Gasteiger partial charge in [-0.25, -0.2) is 13.1 Å². The predicted octanol–water partition coefficient (Wildman–Crippen LogP) is 2.42. The van der Waals surface area contributed by atoms with Crippen molar-refractivity contribution >= 4 is 27.6 Å². The van der Waals surface area contributed by atoms with Crippen molar-refractivity contribution in [2.45, 2.75) is 18.2 Å². The molecule has 0 aliphatic carbocycles. The second-order valence-electron chi connectivity index (χ2n) is 5.74. The van der Waals surface area contributed by atoms with Gasteiger partial charge in [0.15, 0.2) is 5.96 Å². The summed E-state index contributed by atoms with van der Waals surface area (Å²) in [5.41, 5.74) is 1.07. The Hall–Kier alpha value is -2.09. The van der Waals surface area contributed by atoms with Crippen LogP contribution in [0, 0.1) is 0 Å². The maximum absolute atomic E-state index is 12.2. The van der Waals surface area contributed by atoms with Crippen LogP contribution in [-0.2, 0) is 16.4 Å². The van der Waals surface area contributed by atoms with Crippen LogP contribution < -0.4 is 15.4 Å². The number of rotatable bonds is 9. The number of benzene rings is 2. The minimum absolute atomic E-state index is 0.221. The third-order valence-electron chi connectivity index (χ3n) is 3.72. The third kappa shape index (κ3) is 7.21. The molecule has 0 saturated carbocycles. The number of nitrogens with one attached hydrogen (secondary N) is 3. The number of guanidine groups is 1. The monoisotopic (exact) mass is 408 g/mol. The van der Waals surface area contributed by atoms with Gasteiger partial charge < -0.3 is 10.6 Å². The molecule has 3 N–H and O–H groups in total. The highest BCUT2D eigenvalue weighted by Gasteiger charge is 2.11. The molecular weight excluding hydrogens is 384 g/mol. The molecule has 0 bridgehead atoms. The number of sulfonamides is 1. The Bertz CT molecular complexity index is 842. The van der Waals surface area contributed by atoms with Gasteiger partial charge in [-0.1, -0.05) is 48.0 Å². The van der Waals surface area contributed by atoms with Gasteiger partial charge in [0, 0.05) is 24.7 Å². The lowest BCUT2D eigenvalue weighted by atomic mass is 10.1. The average Bonchev–Trinajstić information content (AvgIpc) is 2.67. The van der Waals surface area contributed by atoms with Crippen molar-refractivity contribution in [2.24, 2.45) is 4.99 Å². The highest BCUT2D eigenvalue weighted by atomic mass is 35.5. The molecule has 2 aromatic rings. The van der Waals surface area contributed by atoms with Crippen molar-refractivity contribution in [1.82, 2.24) is 15.4 Å². The van der Waals surface area contributed by atoms with E-state index in [0.29, 0.717) is 25.6 Å². The zero-order chi connectivity index (χ0) is 19.5. The van der Waals surface area contributed by atoms with Crippen LogP contribution in [0.25, 0.3) is 0 Å². The van der Waals surface area contributed by atoms with E-state index in [0.717, 1.165) is 17.0 Å². The van der Waals surface area contributed by atoms with Crippen LogP contribution in [-0.4, -0.2) is 40.6 Å². The summed E-state index contributed by atoms with van der Waals surface area (Å²) in [5, 5.41) is 7.12. The summed E-state index contributed by atoms with van der Waals surface area (Å²) in [5.74, 6) is 0.642. The molecule has 8 heteroatoms. The first-order valence-electron chi connectivity index (χ1n) is 8.83. The van der Waals surface area contributed by atoms with Gasteiger partial charge in [0.1, 0.15) is 0 Å². The van der Waals surface area contributed by atoms with Crippen LogP contribution in [0.3, 0.4) is 0 Å². The topological polar surface area (TPSA) is 82.6 Å². The molecule has 0 heterocycles.